The highest BCUT2D eigenvalue weighted by Gasteiger charge is 2.20. The Morgan fingerprint density at radius 1 is 0.929 bits per heavy atom. The van der Waals surface area contributed by atoms with E-state index in [9.17, 15) is 5.21 Å². The minimum absolute atomic E-state index is 0.542. The van der Waals surface area contributed by atoms with Crippen molar-refractivity contribution in [1.82, 2.24) is 5.06 Å². The van der Waals surface area contributed by atoms with Crippen molar-refractivity contribution >= 4 is 10.8 Å². The van der Waals surface area contributed by atoms with Crippen LogP contribution in [0.15, 0.2) is 36.4 Å². The second-order valence-corrected chi connectivity index (χ2v) is 3.77. The normalized spacial score (nSPS) is 16.1. The van der Waals surface area contributed by atoms with Gasteiger partial charge >= 0.3 is 0 Å². The first-order valence-electron chi connectivity index (χ1n) is 4.75. The molecule has 0 N–H and O–H groups in total. The number of hydrogen-bond donors (Lipinski definition) is 0. The second kappa shape index (κ2) is 2.80. The Hall–Kier alpha value is -1.38. The van der Waals surface area contributed by atoms with Crippen LogP contribution < -0.4 is 5.06 Å². The van der Waals surface area contributed by atoms with E-state index >= 15 is 0 Å². The molecule has 2 aromatic rings. The van der Waals surface area contributed by atoms with Gasteiger partial charge in [-0.2, -0.15) is 5.06 Å². The molecule has 0 saturated carbocycles. The Kier molecular flexibility index (Phi) is 1.60. The van der Waals surface area contributed by atoms with Crippen molar-refractivity contribution in [2.45, 2.75) is 13.1 Å². The lowest BCUT2D eigenvalue weighted by Gasteiger charge is -2.02. The van der Waals surface area contributed by atoms with Crippen LogP contribution in [0.2, 0.25) is 0 Å². The van der Waals surface area contributed by atoms with Crippen molar-refractivity contribution in [3.8, 4) is 0 Å². The van der Waals surface area contributed by atoms with E-state index in [0.717, 1.165) is 5.06 Å². The molecule has 0 atom stereocenters. The van der Waals surface area contributed by atoms with Crippen LogP contribution >= 0.6 is 0 Å². The zero-order valence-corrected chi connectivity index (χ0v) is 7.73. The predicted molar refractivity (Wildman–Crippen MR) is 56.9 cm³/mol. The van der Waals surface area contributed by atoms with E-state index in [2.05, 4.69) is 24.3 Å². The molecule has 1 aliphatic rings. The third-order valence-electron chi connectivity index (χ3n) is 2.76. The first-order chi connectivity index (χ1) is 6.83. The molecule has 0 unspecified atom stereocenters. The number of benzene rings is 2. The largest absolute Gasteiger partial charge is 0.581 e. The van der Waals surface area contributed by atoms with Gasteiger partial charge in [0.25, 0.3) is 0 Å². The summed E-state index contributed by atoms with van der Waals surface area (Å²) in [4.78, 5) is 0. The molecule has 1 aliphatic heterocycles. The Labute approximate surface area is 82.3 Å². The van der Waals surface area contributed by atoms with Crippen LogP contribution in [0.3, 0.4) is 0 Å². The molecule has 3 rings (SSSR count). The molecule has 2 nitrogen and oxygen atoms in total. The molecule has 1 heterocycles. The number of hydroxylamine groups is 2. The van der Waals surface area contributed by atoms with Gasteiger partial charge in [-0.3, -0.25) is 0 Å². The van der Waals surface area contributed by atoms with Crippen LogP contribution in [0.25, 0.3) is 10.8 Å². The fraction of sp³-hybridized carbons (Fsp3) is 0.167. The molecular formula is C12H10NO. The second-order valence-electron chi connectivity index (χ2n) is 3.77. The Bertz CT molecular complexity index is 448. The van der Waals surface area contributed by atoms with Gasteiger partial charge in [-0.15, -0.1) is 0 Å². The molecule has 0 bridgehead atoms. The Morgan fingerprint density at radius 3 is 1.93 bits per heavy atom. The first-order valence-corrected chi connectivity index (χ1v) is 4.75. The lowest BCUT2D eigenvalue weighted by atomic mass is 10.0. The third-order valence-corrected chi connectivity index (χ3v) is 2.76. The first kappa shape index (κ1) is 7.97. The summed E-state index contributed by atoms with van der Waals surface area (Å²) in [5, 5.41) is 14.7. The van der Waals surface area contributed by atoms with Crippen LogP contribution in [-0.4, -0.2) is 0 Å². The number of hydrogen-bond acceptors (Lipinski definition) is 2. The summed E-state index contributed by atoms with van der Waals surface area (Å²) in [6.07, 6.45) is 0. The number of nitrogens with zero attached hydrogens (tertiary/aromatic N) is 1. The lowest BCUT2D eigenvalue weighted by molar-refractivity contribution is 0.561. The highest BCUT2D eigenvalue weighted by molar-refractivity contribution is 5.84. The molecular weight excluding hydrogens is 174 g/mol. The fourth-order valence-electron chi connectivity index (χ4n) is 2.06. The number of rotatable bonds is 0. The van der Waals surface area contributed by atoms with Crippen LogP contribution in [0, 0.1) is 5.21 Å². The molecule has 0 amide bonds. The molecule has 1 radical (unpaired) electrons. The van der Waals surface area contributed by atoms with Gasteiger partial charge in [-0.05, 0) is 22.9 Å². The van der Waals surface area contributed by atoms with E-state index in [1.807, 2.05) is 12.1 Å². The molecule has 0 saturated heterocycles. The van der Waals surface area contributed by atoms with Crippen LogP contribution in [0.5, 0.6) is 0 Å². The molecule has 0 aliphatic carbocycles. The van der Waals surface area contributed by atoms with Crippen LogP contribution in [-0.2, 0) is 13.1 Å². The monoisotopic (exact) mass is 184 g/mol. The van der Waals surface area contributed by atoms with E-state index in [1.165, 1.54) is 21.9 Å². The maximum atomic E-state index is 11.2. The maximum Gasteiger partial charge on any atom is 0.149 e. The smallest absolute Gasteiger partial charge is 0.149 e. The molecule has 2 heteroatoms. The van der Waals surface area contributed by atoms with E-state index in [1.54, 1.807) is 0 Å². The summed E-state index contributed by atoms with van der Waals surface area (Å²) in [7, 11) is 0. The average Bonchev–Trinajstić information content (AvgIpc) is 2.53. The van der Waals surface area contributed by atoms with Crippen molar-refractivity contribution in [3.63, 3.8) is 0 Å². The third kappa shape index (κ3) is 1.12. The van der Waals surface area contributed by atoms with Gasteiger partial charge in [-0.25, -0.2) is 0 Å². The van der Waals surface area contributed by atoms with Gasteiger partial charge in [0.15, 0.2) is 0 Å². The van der Waals surface area contributed by atoms with E-state index in [0.29, 0.717) is 13.1 Å². The van der Waals surface area contributed by atoms with Gasteiger partial charge in [0.1, 0.15) is 13.1 Å². The zero-order chi connectivity index (χ0) is 9.54. The van der Waals surface area contributed by atoms with Gasteiger partial charge in [0, 0.05) is 11.1 Å². The lowest BCUT2D eigenvalue weighted by Crippen LogP contribution is -2.12. The fourth-order valence-corrected chi connectivity index (χ4v) is 2.06. The molecule has 0 fully saturated rings. The van der Waals surface area contributed by atoms with E-state index in [4.69, 9.17) is 0 Å². The maximum absolute atomic E-state index is 11.2. The Balaban J connectivity index is 2.27. The molecule has 2 aromatic carbocycles. The highest BCUT2D eigenvalue weighted by atomic mass is 16.5. The van der Waals surface area contributed by atoms with Crippen LogP contribution in [0.1, 0.15) is 11.1 Å². The molecule has 0 aromatic heterocycles. The van der Waals surface area contributed by atoms with E-state index < -0.39 is 0 Å². The van der Waals surface area contributed by atoms with E-state index in [-0.39, 0.29) is 0 Å². The van der Waals surface area contributed by atoms with Crippen molar-refractivity contribution in [3.05, 3.63) is 52.7 Å². The average molecular weight is 184 g/mol. The zero-order valence-electron chi connectivity index (χ0n) is 7.73. The summed E-state index contributed by atoms with van der Waals surface area (Å²) in [6, 6.07) is 12.5. The minimum atomic E-state index is 0.542. The Morgan fingerprint density at radius 2 is 1.43 bits per heavy atom. The SMILES string of the molecule is [O-][N+]1Cc2cc3ccccc3cc2C1. The van der Waals surface area contributed by atoms with Crippen molar-refractivity contribution < 1.29 is 0 Å². The minimum Gasteiger partial charge on any atom is -0.581 e. The van der Waals surface area contributed by atoms with Gasteiger partial charge in [0.2, 0.25) is 0 Å². The quantitative estimate of drug-likeness (QED) is 0.457. The summed E-state index contributed by atoms with van der Waals surface area (Å²) in [5.41, 5.74) is 2.36. The van der Waals surface area contributed by atoms with Gasteiger partial charge in [0.05, 0.1) is 0 Å². The molecule has 69 valence electrons. The molecule has 0 spiro atoms. The summed E-state index contributed by atoms with van der Waals surface area (Å²) in [6.45, 7) is 1.08. The van der Waals surface area contributed by atoms with Crippen molar-refractivity contribution in [1.29, 1.82) is 0 Å². The van der Waals surface area contributed by atoms with Crippen molar-refractivity contribution in [2.24, 2.45) is 0 Å². The standard InChI is InChI=1S/C12H10NO/c14-13-7-11-5-9-3-1-2-4-10(9)6-12(11)8-13/h1-6H,7-8H2. The van der Waals surface area contributed by atoms with Gasteiger partial charge < -0.3 is 5.21 Å². The summed E-state index contributed by atoms with van der Waals surface area (Å²) in [5.74, 6) is 0. The highest BCUT2D eigenvalue weighted by Crippen LogP contribution is 2.25. The molecule has 14 heavy (non-hydrogen) atoms. The predicted octanol–water partition coefficient (Wildman–Crippen LogP) is 2.49. The van der Waals surface area contributed by atoms with Crippen LogP contribution in [0.4, 0.5) is 0 Å². The van der Waals surface area contributed by atoms with Gasteiger partial charge in [-0.1, -0.05) is 24.3 Å². The number of fused-ring (bicyclic) bond motifs is 2. The topological polar surface area (TPSA) is 29.0 Å². The van der Waals surface area contributed by atoms with Crippen molar-refractivity contribution in [2.75, 3.05) is 0 Å². The summed E-state index contributed by atoms with van der Waals surface area (Å²) >= 11 is 0. The summed E-state index contributed by atoms with van der Waals surface area (Å²) < 4.78 is 0.